The molecule has 176 valence electrons. The second kappa shape index (κ2) is 8.45. The van der Waals surface area contributed by atoms with Gasteiger partial charge in [-0.25, -0.2) is 8.96 Å². The summed E-state index contributed by atoms with van der Waals surface area (Å²) >= 11 is 4.94. The molecular weight excluding hydrogens is 478 g/mol. The van der Waals surface area contributed by atoms with Crippen molar-refractivity contribution >= 4 is 20.0 Å². The molecule has 2 aliphatic heterocycles. The molecule has 2 aliphatic rings. The van der Waals surface area contributed by atoms with Crippen LogP contribution in [0.15, 0.2) is 23.1 Å². The number of terminal acetylenes is 1. The van der Waals surface area contributed by atoms with E-state index in [2.05, 4.69) is 4.98 Å². The summed E-state index contributed by atoms with van der Waals surface area (Å²) in [5.41, 5.74) is 0.672. The number of aryl methyl sites for hydroxylation is 2. The van der Waals surface area contributed by atoms with Crippen LogP contribution in [-0.4, -0.2) is 44.4 Å². The van der Waals surface area contributed by atoms with Gasteiger partial charge in [0, 0.05) is 11.8 Å². The molecule has 33 heavy (non-hydrogen) atoms. The molecule has 1 fully saturated rings. The predicted octanol–water partition coefficient (Wildman–Crippen LogP) is 2.15. The zero-order chi connectivity index (χ0) is 26.8. The number of aromatic nitrogens is 2. The van der Waals surface area contributed by atoms with Crippen LogP contribution in [0.3, 0.4) is 0 Å². The molecule has 0 bridgehead atoms. The van der Waals surface area contributed by atoms with Gasteiger partial charge < -0.3 is 19.5 Å². The molecule has 3 heterocycles. The van der Waals surface area contributed by atoms with E-state index in [-0.39, 0.29) is 17.9 Å². The number of nitrogens with zero attached hydrogens (tertiary/aromatic N) is 1. The van der Waals surface area contributed by atoms with Crippen LogP contribution < -0.4 is 10.1 Å². The van der Waals surface area contributed by atoms with Crippen molar-refractivity contribution in [2.75, 3.05) is 6.56 Å². The first-order valence-electron chi connectivity index (χ1n) is 10.9. The van der Waals surface area contributed by atoms with Gasteiger partial charge in [-0.2, -0.15) is 0 Å². The Hall–Kier alpha value is -2.36. The van der Waals surface area contributed by atoms with E-state index in [0.717, 1.165) is 11.8 Å². The zero-order valence-electron chi connectivity index (χ0n) is 20.2. The Morgan fingerprint density at radius 1 is 1.55 bits per heavy atom. The molecule has 10 nitrogen and oxygen atoms in total. The Morgan fingerprint density at radius 2 is 2.27 bits per heavy atom. The van der Waals surface area contributed by atoms with Crippen molar-refractivity contribution in [3.8, 4) is 18.1 Å². The number of phosphoric ester groups is 1. The molecule has 1 unspecified atom stereocenters. The van der Waals surface area contributed by atoms with Gasteiger partial charge in [0.05, 0.1) is 10.7 Å². The minimum Gasteiger partial charge on any atom is -0.403 e. The van der Waals surface area contributed by atoms with Gasteiger partial charge in [-0.15, -0.1) is 6.42 Å². The third kappa shape index (κ3) is 4.29. The van der Waals surface area contributed by atoms with Crippen LogP contribution in [0.4, 0.5) is 4.39 Å². The standard InChI is InChI=1S/C20H20FN2O8PS/c1-4-12-7-23(19(33)22-17(12)26)18-14(24)16(25)20(21,30-18)9-29-32(27)28-8-13-6-10(2)5-11(3)15(13)31-32/h1,5-7,14,16,18,24-25H,8-9H2,2-3H3,(H,22,26,33)/t14-,16+,18-,20-,32?/m1/s1/i9D2,18D. The van der Waals surface area contributed by atoms with Crippen molar-refractivity contribution in [1.82, 2.24) is 9.55 Å². The SMILES string of the molecule is [2H]C([2H])(OP1(=O)OCc2cc(C)cc(C)c2O1)[C@@]1(F)O[C@@]([2H])(n2cc(C#C)c(=O)[nH]c2=S)[C@H](O)[C@@H]1O. The molecule has 4 rings (SSSR count). The number of hydrogen-bond acceptors (Lipinski definition) is 9. The average molecular weight is 501 g/mol. The summed E-state index contributed by atoms with van der Waals surface area (Å²) in [6, 6.07) is 3.39. The Kier molecular flexibility index (Phi) is 5.13. The first-order valence-corrected chi connectivity index (χ1v) is 11.3. The highest BCUT2D eigenvalue weighted by Gasteiger charge is 2.57. The summed E-state index contributed by atoms with van der Waals surface area (Å²) in [4.78, 5) is 14.0. The van der Waals surface area contributed by atoms with Crippen LogP contribution in [0.5, 0.6) is 5.75 Å². The number of alkyl halides is 1. The molecule has 1 aromatic carbocycles. The fourth-order valence-corrected chi connectivity index (χ4v) is 4.75. The van der Waals surface area contributed by atoms with E-state index in [9.17, 15) is 19.6 Å². The lowest BCUT2D eigenvalue weighted by atomic mass is 10.1. The Morgan fingerprint density at radius 3 is 2.97 bits per heavy atom. The molecule has 0 radical (unpaired) electrons. The molecule has 0 amide bonds. The molecular formula is C20H20FN2O8PS. The maximum atomic E-state index is 16.0. The van der Waals surface area contributed by atoms with Crippen molar-refractivity contribution in [1.29, 1.82) is 0 Å². The highest BCUT2D eigenvalue weighted by Crippen LogP contribution is 2.56. The van der Waals surface area contributed by atoms with E-state index in [1.54, 1.807) is 19.1 Å². The number of benzene rings is 1. The van der Waals surface area contributed by atoms with Gasteiger partial charge in [-0.05, 0) is 31.6 Å². The second-order valence-corrected chi connectivity index (χ2v) is 9.27. The van der Waals surface area contributed by atoms with Crippen molar-refractivity contribution in [3.63, 3.8) is 0 Å². The van der Waals surface area contributed by atoms with Gasteiger partial charge in [0.15, 0.2) is 11.0 Å². The van der Waals surface area contributed by atoms with Crippen molar-refractivity contribution in [3.05, 3.63) is 55.7 Å². The molecule has 2 aromatic rings. The number of nitrogens with one attached hydrogen (secondary N) is 1. The lowest BCUT2D eigenvalue weighted by Crippen LogP contribution is -2.43. The van der Waals surface area contributed by atoms with Gasteiger partial charge in [0.1, 0.15) is 30.1 Å². The number of H-pyrrole nitrogens is 1. The highest BCUT2D eigenvalue weighted by molar-refractivity contribution is 7.71. The Balaban J connectivity index is 1.70. The van der Waals surface area contributed by atoms with Crippen molar-refractivity contribution in [2.24, 2.45) is 0 Å². The van der Waals surface area contributed by atoms with E-state index in [4.69, 9.17) is 41.1 Å². The lowest BCUT2D eigenvalue weighted by Gasteiger charge is -2.29. The number of fused-ring (bicyclic) bond motifs is 1. The predicted molar refractivity (Wildman–Crippen MR) is 115 cm³/mol. The van der Waals surface area contributed by atoms with E-state index in [1.807, 2.05) is 12.8 Å². The summed E-state index contributed by atoms with van der Waals surface area (Å²) in [5.74, 6) is -1.93. The summed E-state index contributed by atoms with van der Waals surface area (Å²) in [6.45, 7) is -0.691. The largest absolute Gasteiger partial charge is 0.530 e. The van der Waals surface area contributed by atoms with E-state index >= 15 is 4.39 Å². The molecule has 0 saturated carbocycles. The van der Waals surface area contributed by atoms with E-state index in [1.165, 1.54) is 0 Å². The number of phosphoric acid groups is 1. The van der Waals surface area contributed by atoms with Crippen LogP contribution >= 0.6 is 20.0 Å². The van der Waals surface area contributed by atoms with Crippen LogP contribution in [0.25, 0.3) is 0 Å². The minimum absolute atomic E-state index is 0.0861. The Labute approximate surface area is 196 Å². The number of aromatic amines is 1. The van der Waals surface area contributed by atoms with Gasteiger partial charge in [0.2, 0.25) is 0 Å². The third-order valence-electron chi connectivity index (χ3n) is 4.89. The Bertz CT molecular complexity index is 1460. The van der Waals surface area contributed by atoms with Crippen molar-refractivity contribution < 1.29 is 41.6 Å². The zero-order valence-corrected chi connectivity index (χ0v) is 18.9. The summed E-state index contributed by atoms with van der Waals surface area (Å²) < 4.78 is 73.9. The average Bonchev–Trinajstić information content (AvgIpc) is 2.95. The highest BCUT2D eigenvalue weighted by atomic mass is 32.1. The van der Waals surface area contributed by atoms with Crippen molar-refractivity contribution in [2.45, 2.75) is 44.7 Å². The summed E-state index contributed by atoms with van der Waals surface area (Å²) in [5, 5.41) is 21.0. The van der Waals surface area contributed by atoms with Gasteiger partial charge >= 0.3 is 7.82 Å². The number of rotatable bonds is 4. The maximum Gasteiger partial charge on any atom is 0.530 e. The topological polar surface area (TPSA) is 132 Å². The molecule has 1 saturated heterocycles. The first kappa shape index (κ1) is 20.1. The summed E-state index contributed by atoms with van der Waals surface area (Å²) in [7, 11) is -4.84. The molecule has 1 aromatic heterocycles. The van der Waals surface area contributed by atoms with Crippen LogP contribution in [-0.2, 0) is 25.0 Å². The van der Waals surface area contributed by atoms with Gasteiger partial charge in [0.25, 0.3) is 11.4 Å². The van der Waals surface area contributed by atoms with E-state index < -0.39 is 49.0 Å². The monoisotopic (exact) mass is 501 g/mol. The molecule has 13 heteroatoms. The molecule has 0 aliphatic carbocycles. The lowest BCUT2D eigenvalue weighted by molar-refractivity contribution is -0.205. The quantitative estimate of drug-likeness (QED) is 0.328. The number of aliphatic hydroxyl groups is 2. The van der Waals surface area contributed by atoms with Gasteiger partial charge in [-0.3, -0.25) is 23.4 Å². The maximum absolute atomic E-state index is 16.0. The minimum atomic E-state index is -4.84. The van der Waals surface area contributed by atoms with Gasteiger partial charge in [-0.1, -0.05) is 23.6 Å². The number of halogens is 1. The fourth-order valence-electron chi connectivity index (χ4n) is 3.35. The summed E-state index contributed by atoms with van der Waals surface area (Å²) in [6.07, 6.45) is -2.29. The van der Waals surface area contributed by atoms with Crippen LogP contribution in [0.1, 0.15) is 32.6 Å². The smallest absolute Gasteiger partial charge is 0.403 e. The molecule has 3 N–H and O–H groups in total. The van der Waals surface area contributed by atoms with Crippen LogP contribution in [0, 0.1) is 31.0 Å². The van der Waals surface area contributed by atoms with E-state index in [0.29, 0.717) is 15.7 Å². The number of ether oxygens (including phenoxy) is 1. The van der Waals surface area contributed by atoms with Crippen LogP contribution in [0.2, 0.25) is 0 Å². The first-order chi connectivity index (χ1) is 16.6. The fraction of sp³-hybridized carbons (Fsp3) is 0.400. The number of hydrogen-bond donors (Lipinski definition) is 3. The molecule has 0 spiro atoms. The normalized spacial score (nSPS) is 35.0. The molecule has 5 atom stereocenters. The number of aliphatic hydroxyl groups excluding tert-OH is 2. The third-order valence-corrected chi connectivity index (χ3v) is 6.36. The second-order valence-electron chi connectivity index (χ2n) is 7.37.